The molecule has 0 saturated heterocycles. The minimum absolute atomic E-state index is 0.00269. The zero-order chi connectivity index (χ0) is 10.1. The van der Waals surface area contributed by atoms with Gasteiger partial charge in [0.1, 0.15) is 0 Å². The first-order valence-corrected chi connectivity index (χ1v) is 4.72. The quantitative estimate of drug-likeness (QED) is 0.360. The molecule has 0 aromatic carbocycles. The molecule has 2 rings (SSSR count). The van der Waals surface area contributed by atoms with Gasteiger partial charge in [0.15, 0.2) is 0 Å². The van der Waals surface area contributed by atoms with Crippen LogP contribution in [0.25, 0.3) is 0 Å². The van der Waals surface area contributed by atoms with Crippen molar-refractivity contribution in [1.82, 2.24) is 15.2 Å². The number of aryl methyl sites for hydroxylation is 2. The minimum atomic E-state index is -0.0724. The summed E-state index contributed by atoms with van der Waals surface area (Å²) in [6.07, 6.45) is 4.41. The predicted octanol–water partition coefficient (Wildman–Crippen LogP) is -0.485. The summed E-state index contributed by atoms with van der Waals surface area (Å²) in [6.45, 7) is 0. The molecule has 1 aliphatic rings. The van der Waals surface area contributed by atoms with E-state index in [0.29, 0.717) is 0 Å². The van der Waals surface area contributed by atoms with E-state index in [-0.39, 0.29) is 11.8 Å². The molecule has 1 heterocycles. The van der Waals surface area contributed by atoms with Crippen LogP contribution in [0.3, 0.4) is 0 Å². The molecule has 1 amide bonds. The smallest absolute Gasteiger partial charge is 0.237 e. The fourth-order valence-electron chi connectivity index (χ4n) is 1.99. The molecule has 1 aliphatic carbocycles. The van der Waals surface area contributed by atoms with E-state index in [1.54, 1.807) is 0 Å². The molecule has 1 atom stereocenters. The molecular weight excluding hydrogens is 180 g/mol. The van der Waals surface area contributed by atoms with E-state index in [4.69, 9.17) is 5.84 Å². The number of nitrogens with two attached hydrogens (primary N) is 1. The number of fused-ring (bicyclic) bond motifs is 1. The van der Waals surface area contributed by atoms with Gasteiger partial charge in [-0.3, -0.25) is 14.9 Å². The van der Waals surface area contributed by atoms with Crippen LogP contribution in [-0.4, -0.2) is 15.7 Å². The Morgan fingerprint density at radius 3 is 3.29 bits per heavy atom. The highest BCUT2D eigenvalue weighted by Gasteiger charge is 2.26. The van der Waals surface area contributed by atoms with Gasteiger partial charge in [-0.15, -0.1) is 0 Å². The van der Waals surface area contributed by atoms with Gasteiger partial charge in [0.25, 0.3) is 0 Å². The van der Waals surface area contributed by atoms with Gasteiger partial charge in [0, 0.05) is 25.1 Å². The van der Waals surface area contributed by atoms with Crippen LogP contribution in [0.2, 0.25) is 0 Å². The van der Waals surface area contributed by atoms with Gasteiger partial charge in [0.2, 0.25) is 5.91 Å². The maximum Gasteiger partial charge on any atom is 0.237 e. The highest BCUT2D eigenvalue weighted by atomic mass is 16.2. The van der Waals surface area contributed by atoms with Crippen molar-refractivity contribution in [2.24, 2.45) is 18.8 Å². The van der Waals surface area contributed by atoms with Crippen LogP contribution in [0, 0.1) is 5.92 Å². The molecule has 5 heteroatoms. The second kappa shape index (κ2) is 3.42. The number of hydrazine groups is 1. The van der Waals surface area contributed by atoms with Crippen LogP contribution in [0.15, 0.2) is 6.20 Å². The summed E-state index contributed by atoms with van der Waals surface area (Å²) in [4.78, 5) is 11.3. The molecule has 3 N–H and O–H groups in total. The lowest BCUT2D eigenvalue weighted by molar-refractivity contribution is -0.125. The van der Waals surface area contributed by atoms with Crippen LogP contribution in [0.1, 0.15) is 17.7 Å². The number of carbonyl (C=O) groups excluding carboxylic acids is 1. The van der Waals surface area contributed by atoms with E-state index in [9.17, 15) is 4.79 Å². The zero-order valence-corrected chi connectivity index (χ0v) is 8.16. The summed E-state index contributed by atoms with van der Waals surface area (Å²) in [5, 5.41) is 4.17. The first kappa shape index (κ1) is 9.21. The predicted molar refractivity (Wildman–Crippen MR) is 51.1 cm³/mol. The Bertz CT molecular complexity index is 358. The number of aromatic nitrogens is 2. The van der Waals surface area contributed by atoms with Crippen molar-refractivity contribution >= 4 is 5.91 Å². The molecule has 1 aromatic rings. The van der Waals surface area contributed by atoms with Gasteiger partial charge in [-0.25, -0.2) is 5.84 Å². The molecule has 0 aliphatic heterocycles. The third kappa shape index (κ3) is 1.39. The number of carbonyl (C=O) groups is 1. The summed E-state index contributed by atoms with van der Waals surface area (Å²) < 4.78 is 1.84. The van der Waals surface area contributed by atoms with E-state index >= 15 is 0 Å². The Morgan fingerprint density at radius 1 is 1.79 bits per heavy atom. The second-order valence-corrected chi connectivity index (χ2v) is 3.69. The summed E-state index contributed by atoms with van der Waals surface area (Å²) in [7, 11) is 1.90. The lowest BCUT2D eigenvalue weighted by Crippen LogP contribution is -2.38. The Hall–Kier alpha value is -1.36. The largest absolute Gasteiger partial charge is 0.294 e. The van der Waals surface area contributed by atoms with E-state index in [2.05, 4.69) is 10.5 Å². The van der Waals surface area contributed by atoms with Gasteiger partial charge >= 0.3 is 0 Å². The van der Waals surface area contributed by atoms with E-state index in [1.807, 2.05) is 17.9 Å². The summed E-state index contributed by atoms with van der Waals surface area (Å²) in [5.74, 6) is 5.04. The van der Waals surface area contributed by atoms with Gasteiger partial charge in [-0.2, -0.15) is 5.10 Å². The number of hydrogen-bond acceptors (Lipinski definition) is 3. The van der Waals surface area contributed by atoms with Crippen molar-refractivity contribution in [3.05, 3.63) is 17.5 Å². The average molecular weight is 194 g/mol. The van der Waals surface area contributed by atoms with E-state index in [1.165, 1.54) is 5.56 Å². The summed E-state index contributed by atoms with van der Waals surface area (Å²) in [6, 6.07) is 0. The standard InChI is InChI=1S/C9H14N4O/c1-13-8-4-6(9(14)12-10)2-3-7(8)5-11-13/h5-6H,2-4,10H2,1H3,(H,12,14)/t6-/m1/s1. The average Bonchev–Trinajstić information content (AvgIpc) is 2.59. The first-order valence-electron chi connectivity index (χ1n) is 4.72. The maximum atomic E-state index is 11.3. The van der Waals surface area contributed by atoms with Crippen molar-refractivity contribution < 1.29 is 4.79 Å². The van der Waals surface area contributed by atoms with Crippen LogP contribution in [0.5, 0.6) is 0 Å². The molecular formula is C9H14N4O. The van der Waals surface area contributed by atoms with Crippen molar-refractivity contribution in [1.29, 1.82) is 0 Å². The molecule has 14 heavy (non-hydrogen) atoms. The molecule has 1 aromatic heterocycles. The van der Waals surface area contributed by atoms with Crippen molar-refractivity contribution in [2.75, 3.05) is 0 Å². The van der Waals surface area contributed by atoms with Gasteiger partial charge < -0.3 is 0 Å². The molecule has 5 nitrogen and oxygen atoms in total. The van der Waals surface area contributed by atoms with E-state index < -0.39 is 0 Å². The molecule has 0 spiro atoms. The van der Waals surface area contributed by atoms with Crippen molar-refractivity contribution in [3.8, 4) is 0 Å². The van der Waals surface area contributed by atoms with Crippen LogP contribution in [-0.2, 0) is 24.7 Å². The highest BCUT2D eigenvalue weighted by Crippen LogP contribution is 2.24. The number of nitrogens with one attached hydrogen (secondary N) is 1. The SMILES string of the molecule is Cn1ncc2c1C[C@H](C(=O)NN)CC2. The third-order valence-corrected chi connectivity index (χ3v) is 2.86. The number of nitrogens with zero attached hydrogens (tertiary/aromatic N) is 2. The Labute approximate surface area is 82.2 Å². The third-order valence-electron chi connectivity index (χ3n) is 2.86. The van der Waals surface area contributed by atoms with Gasteiger partial charge in [-0.1, -0.05) is 0 Å². The Kier molecular flexibility index (Phi) is 2.25. The highest BCUT2D eigenvalue weighted by molar-refractivity contribution is 5.78. The van der Waals surface area contributed by atoms with Crippen LogP contribution < -0.4 is 11.3 Å². The van der Waals surface area contributed by atoms with E-state index in [0.717, 1.165) is 25.0 Å². The van der Waals surface area contributed by atoms with Crippen LogP contribution >= 0.6 is 0 Å². The minimum Gasteiger partial charge on any atom is -0.294 e. The lowest BCUT2D eigenvalue weighted by Gasteiger charge is -2.20. The molecule has 76 valence electrons. The van der Waals surface area contributed by atoms with Crippen molar-refractivity contribution in [3.63, 3.8) is 0 Å². The number of amides is 1. The molecule has 0 fully saturated rings. The van der Waals surface area contributed by atoms with Gasteiger partial charge in [-0.05, 0) is 18.4 Å². The lowest BCUT2D eigenvalue weighted by atomic mass is 9.87. The normalized spacial score (nSPS) is 20.3. The first-order chi connectivity index (χ1) is 6.72. The maximum absolute atomic E-state index is 11.3. The summed E-state index contributed by atoms with van der Waals surface area (Å²) >= 11 is 0. The molecule has 0 radical (unpaired) electrons. The fourth-order valence-corrected chi connectivity index (χ4v) is 1.99. The zero-order valence-electron chi connectivity index (χ0n) is 8.16. The Morgan fingerprint density at radius 2 is 2.57 bits per heavy atom. The van der Waals surface area contributed by atoms with Gasteiger partial charge in [0.05, 0.1) is 6.20 Å². The molecule has 0 saturated carbocycles. The Balaban J connectivity index is 2.20. The number of rotatable bonds is 1. The van der Waals surface area contributed by atoms with Crippen molar-refractivity contribution in [2.45, 2.75) is 19.3 Å². The molecule has 0 bridgehead atoms. The topological polar surface area (TPSA) is 72.9 Å². The second-order valence-electron chi connectivity index (χ2n) is 3.69. The summed E-state index contributed by atoms with van der Waals surface area (Å²) in [5.41, 5.74) is 4.62. The fraction of sp³-hybridized carbons (Fsp3) is 0.556. The number of hydrogen-bond donors (Lipinski definition) is 2. The van der Waals surface area contributed by atoms with Crippen LogP contribution in [0.4, 0.5) is 0 Å². The molecule has 0 unspecified atom stereocenters. The monoisotopic (exact) mass is 194 g/mol.